The second-order valence-electron chi connectivity index (χ2n) is 8.76. The van der Waals surface area contributed by atoms with Crippen LogP contribution in [0.3, 0.4) is 0 Å². The van der Waals surface area contributed by atoms with E-state index in [-0.39, 0.29) is 11.3 Å². The summed E-state index contributed by atoms with van der Waals surface area (Å²) in [6.07, 6.45) is 3.60. The van der Waals surface area contributed by atoms with Crippen molar-refractivity contribution in [2.45, 2.75) is 32.1 Å². The molecule has 1 aliphatic rings. The van der Waals surface area contributed by atoms with E-state index in [1.165, 1.54) is 32.7 Å². The average Bonchev–Trinajstić information content (AvgIpc) is 2.79. The fraction of sp³-hybridized carbons (Fsp3) is 0.400. The van der Waals surface area contributed by atoms with Crippen LogP contribution in [0.1, 0.15) is 51.5 Å². The molecular formula is C25H39N7O2. The molecule has 0 radical (unpaired) electrons. The Hall–Kier alpha value is -3.43. The molecule has 1 atom stereocenters. The summed E-state index contributed by atoms with van der Waals surface area (Å²) in [5.74, 6) is 4.66. The van der Waals surface area contributed by atoms with Gasteiger partial charge in [0.1, 0.15) is 6.34 Å². The quantitative estimate of drug-likeness (QED) is 0.171. The maximum absolute atomic E-state index is 12.3. The molecule has 3 rings (SSSR count). The van der Waals surface area contributed by atoms with Crippen molar-refractivity contribution < 1.29 is 9.59 Å². The molecule has 0 aromatic heterocycles. The zero-order valence-electron chi connectivity index (χ0n) is 21.1. The molecule has 1 aliphatic carbocycles. The van der Waals surface area contributed by atoms with Crippen LogP contribution in [0, 0.1) is 6.92 Å². The predicted molar refractivity (Wildman–Crippen MR) is 138 cm³/mol. The summed E-state index contributed by atoms with van der Waals surface area (Å²) < 4.78 is 0. The Labute approximate surface area is 202 Å². The Morgan fingerprint density at radius 2 is 1.68 bits per heavy atom. The van der Waals surface area contributed by atoms with Gasteiger partial charge in [-0.05, 0) is 60.7 Å². The third-order valence-electron chi connectivity index (χ3n) is 5.59. The molecule has 0 heterocycles. The standard InChI is InChI=1S/C21H26N2O.C3H7NO.CH6N4/c1-14-5-7-18-16(11-14)13-17-12-15(20(24)23(3)4)6-8-19(17)21(18,2)9-10-22;1-4(2)3-5;2-1-4-5-3/h5-8,11-12H,9-10,13,22H2,1-4H3;3H,1-2H3;1,5H,3H2,(H2,2,4). The average molecular weight is 470 g/mol. The third-order valence-corrected chi connectivity index (χ3v) is 5.59. The number of nitrogens with two attached hydrogens (primary N) is 3. The molecule has 1 unspecified atom stereocenters. The zero-order chi connectivity index (χ0) is 25.9. The molecular weight excluding hydrogens is 430 g/mol. The summed E-state index contributed by atoms with van der Waals surface area (Å²) in [5, 5.41) is 3.15. The van der Waals surface area contributed by atoms with Gasteiger partial charge >= 0.3 is 0 Å². The maximum Gasteiger partial charge on any atom is 0.253 e. The molecule has 186 valence electrons. The number of amides is 2. The molecule has 2 aromatic carbocycles. The van der Waals surface area contributed by atoms with E-state index in [1.54, 1.807) is 33.1 Å². The smallest absolute Gasteiger partial charge is 0.253 e. The van der Waals surface area contributed by atoms with E-state index in [0.717, 1.165) is 31.2 Å². The summed E-state index contributed by atoms with van der Waals surface area (Å²) in [5.41, 5.74) is 19.8. The fourth-order valence-electron chi connectivity index (χ4n) is 4.03. The first-order chi connectivity index (χ1) is 16.0. The fourth-order valence-corrected chi connectivity index (χ4v) is 4.03. The summed E-state index contributed by atoms with van der Waals surface area (Å²) in [4.78, 5) is 24.8. The minimum absolute atomic E-state index is 0.0494. The zero-order valence-corrected chi connectivity index (χ0v) is 21.1. The molecule has 9 heteroatoms. The molecule has 0 fully saturated rings. The second-order valence-corrected chi connectivity index (χ2v) is 8.76. The number of nitrogens with one attached hydrogen (secondary N) is 1. The van der Waals surface area contributed by atoms with E-state index in [9.17, 15) is 9.59 Å². The lowest BCUT2D eigenvalue weighted by molar-refractivity contribution is -0.115. The highest BCUT2D eigenvalue weighted by molar-refractivity contribution is 5.94. The normalized spacial score (nSPS) is 15.5. The number of hydrazine groups is 1. The van der Waals surface area contributed by atoms with E-state index < -0.39 is 0 Å². The van der Waals surface area contributed by atoms with Crippen LogP contribution in [0.15, 0.2) is 41.5 Å². The van der Waals surface area contributed by atoms with Crippen molar-refractivity contribution in [1.29, 1.82) is 0 Å². The van der Waals surface area contributed by atoms with Crippen molar-refractivity contribution in [2.24, 2.45) is 22.4 Å². The van der Waals surface area contributed by atoms with Gasteiger partial charge in [0.2, 0.25) is 6.41 Å². The van der Waals surface area contributed by atoms with Crippen molar-refractivity contribution in [3.05, 3.63) is 69.8 Å². The van der Waals surface area contributed by atoms with Crippen LogP contribution in [0.4, 0.5) is 0 Å². The lowest BCUT2D eigenvalue weighted by Gasteiger charge is -2.38. The summed E-state index contributed by atoms with van der Waals surface area (Å²) in [6, 6.07) is 12.9. The molecule has 0 saturated carbocycles. The Morgan fingerprint density at radius 1 is 1.12 bits per heavy atom. The first-order valence-corrected chi connectivity index (χ1v) is 11.0. The van der Waals surface area contributed by atoms with Gasteiger partial charge in [0, 0.05) is 39.2 Å². The Balaban J connectivity index is 0.000000489. The van der Waals surface area contributed by atoms with E-state index in [0.29, 0.717) is 6.54 Å². The predicted octanol–water partition coefficient (Wildman–Crippen LogP) is 1.31. The molecule has 0 spiro atoms. The Morgan fingerprint density at radius 3 is 2.12 bits per heavy atom. The van der Waals surface area contributed by atoms with Gasteiger partial charge in [-0.15, -0.1) is 0 Å². The van der Waals surface area contributed by atoms with E-state index >= 15 is 0 Å². The van der Waals surface area contributed by atoms with E-state index in [4.69, 9.17) is 11.5 Å². The van der Waals surface area contributed by atoms with Gasteiger partial charge in [-0.3, -0.25) is 9.59 Å². The molecule has 0 saturated heterocycles. The van der Waals surface area contributed by atoms with Crippen LogP contribution in [0.25, 0.3) is 0 Å². The number of fused-ring (bicyclic) bond motifs is 2. The van der Waals surface area contributed by atoms with Gasteiger partial charge in [-0.2, -0.15) is 5.10 Å². The number of carbonyl (C=O) groups is 2. The Bertz CT molecular complexity index is 989. The minimum Gasteiger partial charge on any atom is -0.388 e. The van der Waals surface area contributed by atoms with Crippen LogP contribution in [-0.4, -0.2) is 63.2 Å². The number of hydrogen-bond donors (Lipinski definition) is 4. The largest absolute Gasteiger partial charge is 0.388 e. The van der Waals surface area contributed by atoms with E-state index in [2.05, 4.69) is 55.1 Å². The first-order valence-electron chi connectivity index (χ1n) is 11.0. The van der Waals surface area contributed by atoms with Crippen molar-refractivity contribution >= 4 is 18.7 Å². The van der Waals surface area contributed by atoms with Gasteiger partial charge < -0.3 is 21.3 Å². The molecule has 0 aliphatic heterocycles. The lowest BCUT2D eigenvalue weighted by Crippen LogP contribution is -2.33. The van der Waals surface area contributed by atoms with Crippen LogP contribution < -0.4 is 22.8 Å². The van der Waals surface area contributed by atoms with Crippen molar-refractivity contribution in [3.63, 3.8) is 0 Å². The SMILES string of the molecule is CN(C)C=O.Cc1ccc2c(c1)Cc1cc(C(=O)N(C)C)ccc1C2(C)CCN.N/C=N\NN. The third kappa shape index (κ3) is 7.29. The number of benzene rings is 2. The van der Waals surface area contributed by atoms with Crippen LogP contribution in [0.5, 0.6) is 0 Å². The summed E-state index contributed by atoms with van der Waals surface area (Å²) in [7, 11) is 6.96. The highest BCUT2D eigenvalue weighted by atomic mass is 16.2. The molecule has 9 nitrogen and oxygen atoms in total. The molecule has 2 amide bonds. The van der Waals surface area contributed by atoms with Crippen molar-refractivity contribution in [1.82, 2.24) is 15.3 Å². The van der Waals surface area contributed by atoms with Crippen LogP contribution >= 0.6 is 0 Å². The molecule has 0 bridgehead atoms. The van der Waals surface area contributed by atoms with Crippen LogP contribution in [0.2, 0.25) is 0 Å². The topological polar surface area (TPSA) is 143 Å². The Kier molecular flexibility index (Phi) is 11.2. The number of hydrazone groups is 1. The van der Waals surface area contributed by atoms with E-state index in [1.807, 2.05) is 11.6 Å². The highest BCUT2D eigenvalue weighted by Gasteiger charge is 2.36. The lowest BCUT2D eigenvalue weighted by atomic mass is 9.65. The van der Waals surface area contributed by atoms with Crippen molar-refractivity contribution in [3.8, 4) is 0 Å². The maximum atomic E-state index is 12.3. The van der Waals surface area contributed by atoms with Gasteiger partial charge in [-0.25, -0.2) is 11.4 Å². The number of rotatable bonds is 5. The van der Waals surface area contributed by atoms with Crippen molar-refractivity contribution in [2.75, 3.05) is 34.7 Å². The number of aryl methyl sites for hydroxylation is 1. The number of carbonyl (C=O) groups excluding carboxylic acids is 2. The van der Waals surface area contributed by atoms with Crippen LogP contribution in [-0.2, 0) is 16.6 Å². The minimum atomic E-state index is -0.0922. The van der Waals surface area contributed by atoms with Gasteiger partial charge in [0.05, 0.1) is 0 Å². The number of nitrogens with zero attached hydrogens (tertiary/aromatic N) is 3. The monoisotopic (exact) mass is 469 g/mol. The second kappa shape index (κ2) is 13.3. The summed E-state index contributed by atoms with van der Waals surface area (Å²) in [6.45, 7) is 5.04. The molecule has 7 N–H and O–H groups in total. The highest BCUT2D eigenvalue weighted by Crippen LogP contribution is 2.44. The van der Waals surface area contributed by atoms with Gasteiger partial charge in [0.25, 0.3) is 5.91 Å². The number of hydrogen-bond acceptors (Lipinski definition) is 6. The molecule has 2 aromatic rings. The van der Waals surface area contributed by atoms with Gasteiger partial charge in [0.15, 0.2) is 0 Å². The first kappa shape index (κ1) is 28.6. The van der Waals surface area contributed by atoms with Gasteiger partial charge in [-0.1, -0.05) is 36.8 Å². The summed E-state index contributed by atoms with van der Waals surface area (Å²) >= 11 is 0. The molecule has 34 heavy (non-hydrogen) atoms.